The third kappa shape index (κ3) is 3.56. The summed E-state index contributed by atoms with van der Waals surface area (Å²) in [5.74, 6) is 0. The summed E-state index contributed by atoms with van der Waals surface area (Å²) >= 11 is 0. The van der Waals surface area contributed by atoms with Crippen molar-refractivity contribution in [2.24, 2.45) is 5.73 Å². The van der Waals surface area contributed by atoms with Crippen LogP contribution in [0.25, 0.3) is 0 Å². The fraction of sp³-hybridized carbons (Fsp3) is 0.625. The van der Waals surface area contributed by atoms with E-state index < -0.39 is 0 Å². The van der Waals surface area contributed by atoms with E-state index in [1.807, 2.05) is 0 Å². The lowest BCUT2D eigenvalue weighted by Crippen LogP contribution is -2.36. The zero-order chi connectivity index (χ0) is 12.8. The molecule has 0 unspecified atom stereocenters. The first-order valence-electron chi connectivity index (χ1n) is 7.35. The Morgan fingerprint density at radius 1 is 1.11 bits per heavy atom. The molecule has 0 bridgehead atoms. The maximum absolute atomic E-state index is 5.75. The molecule has 2 N–H and O–H groups in total. The molecule has 2 nitrogen and oxygen atoms in total. The van der Waals surface area contributed by atoms with Gasteiger partial charge in [-0.15, -0.1) is 0 Å². The van der Waals surface area contributed by atoms with E-state index in [0.717, 1.165) is 32.1 Å². The number of nitrogens with zero attached hydrogens (tertiary/aromatic N) is 1. The van der Waals surface area contributed by atoms with E-state index in [9.17, 15) is 0 Å². The lowest BCUT2D eigenvalue weighted by molar-refractivity contribution is 0.195. The molecule has 0 aliphatic heterocycles. The molecule has 0 atom stereocenters. The van der Waals surface area contributed by atoms with Crippen LogP contribution in [0, 0.1) is 0 Å². The van der Waals surface area contributed by atoms with Gasteiger partial charge in [0.1, 0.15) is 0 Å². The largest absolute Gasteiger partial charge is 0.329 e. The highest BCUT2D eigenvalue weighted by atomic mass is 15.2. The van der Waals surface area contributed by atoms with Crippen LogP contribution in [0.15, 0.2) is 24.3 Å². The monoisotopic (exact) mass is 246 g/mol. The first-order chi connectivity index (χ1) is 8.83. The van der Waals surface area contributed by atoms with E-state index in [0.29, 0.717) is 0 Å². The number of rotatable bonds is 6. The van der Waals surface area contributed by atoms with Crippen LogP contribution in [0.1, 0.15) is 43.7 Å². The Labute approximate surface area is 111 Å². The third-order valence-corrected chi connectivity index (χ3v) is 4.07. The fourth-order valence-electron chi connectivity index (χ4n) is 2.94. The fourth-order valence-corrected chi connectivity index (χ4v) is 2.94. The predicted molar refractivity (Wildman–Crippen MR) is 77.5 cm³/mol. The van der Waals surface area contributed by atoms with Crippen LogP contribution in [0.4, 0.5) is 0 Å². The molecular formula is C16H26N2. The number of nitrogens with two attached hydrogens (primary N) is 1. The van der Waals surface area contributed by atoms with Gasteiger partial charge in [-0.1, -0.05) is 44.0 Å². The number of aryl methyl sites for hydroxylation is 1. The van der Waals surface area contributed by atoms with Crippen molar-refractivity contribution in [3.05, 3.63) is 35.4 Å². The van der Waals surface area contributed by atoms with Gasteiger partial charge in [-0.25, -0.2) is 0 Å². The number of benzene rings is 1. The average Bonchev–Trinajstić information content (AvgIpc) is 2.93. The molecule has 1 saturated carbocycles. The quantitative estimate of drug-likeness (QED) is 0.836. The number of hydrogen-bond donors (Lipinski definition) is 1. The molecule has 0 aromatic heterocycles. The van der Waals surface area contributed by atoms with Crippen LogP contribution >= 0.6 is 0 Å². The van der Waals surface area contributed by atoms with E-state index in [1.54, 1.807) is 0 Å². The van der Waals surface area contributed by atoms with Gasteiger partial charge >= 0.3 is 0 Å². The SMILES string of the molecule is CCc1ccc(CN(CCN)C2CCCC2)cc1. The van der Waals surface area contributed by atoms with Gasteiger partial charge in [0.2, 0.25) is 0 Å². The molecule has 0 radical (unpaired) electrons. The molecule has 1 aromatic carbocycles. The van der Waals surface area contributed by atoms with Gasteiger partial charge in [-0.2, -0.15) is 0 Å². The van der Waals surface area contributed by atoms with E-state index in [-0.39, 0.29) is 0 Å². The zero-order valence-electron chi connectivity index (χ0n) is 11.6. The molecule has 1 aromatic rings. The second kappa shape index (κ2) is 6.91. The maximum Gasteiger partial charge on any atom is 0.0237 e. The van der Waals surface area contributed by atoms with E-state index in [2.05, 4.69) is 36.1 Å². The normalized spacial score (nSPS) is 16.6. The molecule has 2 rings (SSSR count). The molecule has 1 fully saturated rings. The zero-order valence-corrected chi connectivity index (χ0v) is 11.6. The van der Waals surface area contributed by atoms with Crippen molar-refractivity contribution in [1.29, 1.82) is 0 Å². The summed E-state index contributed by atoms with van der Waals surface area (Å²) in [6, 6.07) is 9.82. The van der Waals surface area contributed by atoms with Gasteiger partial charge in [0.05, 0.1) is 0 Å². The maximum atomic E-state index is 5.75. The first kappa shape index (κ1) is 13.6. The summed E-state index contributed by atoms with van der Waals surface area (Å²) in [5.41, 5.74) is 8.60. The Balaban J connectivity index is 1.98. The highest BCUT2D eigenvalue weighted by Crippen LogP contribution is 2.24. The standard InChI is InChI=1S/C16H26N2/c1-2-14-7-9-15(10-8-14)13-18(12-11-17)16-5-3-4-6-16/h7-10,16H,2-6,11-13,17H2,1H3. The van der Waals surface area contributed by atoms with Crippen molar-refractivity contribution in [3.8, 4) is 0 Å². The third-order valence-electron chi connectivity index (χ3n) is 4.07. The van der Waals surface area contributed by atoms with Crippen LogP contribution in [0.5, 0.6) is 0 Å². The lowest BCUT2D eigenvalue weighted by atomic mass is 10.1. The lowest BCUT2D eigenvalue weighted by Gasteiger charge is -2.28. The van der Waals surface area contributed by atoms with Crippen molar-refractivity contribution < 1.29 is 0 Å². The van der Waals surface area contributed by atoms with Crippen LogP contribution in [-0.2, 0) is 13.0 Å². The van der Waals surface area contributed by atoms with Crippen molar-refractivity contribution in [2.75, 3.05) is 13.1 Å². The van der Waals surface area contributed by atoms with Crippen LogP contribution < -0.4 is 5.73 Å². The Hall–Kier alpha value is -0.860. The van der Waals surface area contributed by atoms with Crippen molar-refractivity contribution in [1.82, 2.24) is 4.90 Å². The predicted octanol–water partition coefficient (Wildman–Crippen LogP) is 2.95. The molecule has 100 valence electrons. The Kier molecular flexibility index (Phi) is 5.21. The molecule has 0 saturated heterocycles. The minimum atomic E-state index is 0.763. The van der Waals surface area contributed by atoms with Gasteiger partial charge < -0.3 is 5.73 Å². The Morgan fingerprint density at radius 2 is 1.72 bits per heavy atom. The highest BCUT2D eigenvalue weighted by molar-refractivity contribution is 5.22. The molecule has 0 spiro atoms. The molecule has 1 aliphatic carbocycles. The molecule has 0 heterocycles. The Bertz CT molecular complexity index is 339. The van der Waals surface area contributed by atoms with E-state index in [4.69, 9.17) is 5.73 Å². The summed E-state index contributed by atoms with van der Waals surface area (Å²) in [6.45, 7) is 5.06. The van der Waals surface area contributed by atoms with Crippen molar-refractivity contribution >= 4 is 0 Å². The summed E-state index contributed by atoms with van der Waals surface area (Å²) in [4.78, 5) is 2.58. The van der Waals surface area contributed by atoms with E-state index in [1.165, 1.54) is 36.8 Å². The summed E-state index contributed by atoms with van der Waals surface area (Å²) in [5, 5.41) is 0. The van der Waals surface area contributed by atoms with Crippen LogP contribution in [-0.4, -0.2) is 24.0 Å². The van der Waals surface area contributed by atoms with Crippen LogP contribution in [0.2, 0.25) is 0 Å². The summed E-state index contributed by atoms with van der Waals surface area (Å²) in [7, 11) is 0. The first-order valence-corrected chi connectivity index (χ1v) is 7.35. The van der Waals surface area contributed by atoms with Gasteiger partial charge in [0.15, 0.2) is 0 Å². The van der Waals surface area contributed by atoms with Gasteiger partial charge in [0, 0.05) is 25.7 Å². The molecular weight excluding hydrogens is 220 g/mol. The minimum Gasteiger partial charge on any atom is -0.329 e. The van der Waals surface area contributed by atoms with Gasteiger partial charge in [-0.3, -0.25) is 4.90 Å². The second-order valence-corrected chi connectivity index (χ2v) is 5.37. The second-order valence-electron chi connectivity index (χ2n) is 5.37. The highest BCUT2D eigenvalue weighted by Gasteiger charge is 2.21. The average molecular weight is 246 g/mol. The van der Waals surface area contributed by atoms with Crippen molar-refractivity contribution in [3.63, 3.8) is 0 Å². The van der Waals surface area contributed by atoms with Gasteiger partial charge in [-0.05, 0) is 30.4 Å². The smallest absolute Gasteiger partial charge is 0.0237 e. The topological polar surface area (TPSA) is 29.3 Å². The molecule has 0 amide bonds. The van der Waals surface area contributed by atoms with E-state index >= 15 is 0 Å². The summed E-state index contributed by atoms with van der Waals surface area (Å²) < 4.78 is 0. The molecule has 18 heavy (non-hydrogen) atoms. The van der Waals surface area contributed by atoms with Crippen LogP contribution in [0.3, 0.4) is 0 Å². The Morgan fingerprint density at radius 3 is 2.28 bits per heavy atom. The van der Waals surface area contributed by atoms with Gasteiger partial charge in [0.25, 0.3) is 0 Å². The summed E-state index contributed by atoms with van der Waals surface area (Å²) in [6.07, 6.45) is 6.61. The van der Waals surface area contributed by atoms with Crippen molar-refractivity contribution in [2.45, 2.75) is 51.6 Å². The minimum absolute atomic E-state index is 0.763. The molecule has 2 heteroatoms. The number of hydrogen-bond acceptors (Lipinski definition) is 2. The molecule has 1 aliphatic rings.